The van der Waals surface area contributed by atoms with Gasteiger partial charge in [-0.2, -0.15) is 10.2 Å². The van der Waals surface area contributed by atoms with Crippen LogP contribution in [0.5, 0.6) is 5.75 Å². The molecule has 2 aromatic rings. The number of carbonyl (C=O) groups excluding carboxylic acids is 3. The van der Waals surface area contributed by atoms with Crippen molar-refractivity contribution in [2.45, 2.75) is 103 Å². The number of esters is 3. The number of piperidine rings is 1. The number of nitriles is 1. The molecule has 3 saturated heterocycles. The van der Waals surface area contributed by atoms with Crippen LogP contribution < -0.4 is 15.4 Å². The van der Waals surface area contributed by atoms with Crippen molar-refractivity contribution in [3.8, 4) is 11.8 Å². The van der Waals surface area contributed by atoms with Gasteiger partial charge >= 0.3 is 17.9 Å². The van der Waals surface area contributed by atoms with Crippen molar-refractivity contribution in [3.05, 3.63) is 35.8 Å². The highest BCUT2D eigenvalue weighted by Crippen LogP contribution is 2.39. The molecule has 47 heavy (non-hydrogen) atoms. The predicted octanol–water partition coefficient (Wildman–Crippen LogP) is 3.58. The van der Waals surface area contributed by atoms with Crippen LogP contribution in [0, 0.1) is 17.1 Å². The van der Waals surface area contributed by atoms with Crippen molar-refractivity contribution in [3.63, 3.8) is 0 Å². The molecular formula is C32H39FN6O8. The highest BCUT2D eigenvalue weighted by molar-refractivity contribution is 5.68. The minimum Gasteiger partial charge on any atom is -0.459 e. The topological polar surface area (TPSA) is 174 Å². The number of hydrogen-bond acceptors (Lipinski definition) is 14. The molecule has 1 aromatic carbocycles. The standard InChI is InChI=1S/C32H39FN6O8/c1-17(40)44-26-16-43-30(28(46-19(3)42)27(26)45-18(2)41)47-25-9-8-21(11-20(25)14-34)37-31-35-15-24(33)29(38-31)36-22-12-23-7-6-10-39(23)32(4,5)13-22/h8-9,11,15,22-23,26-28,30H,6-7,10,12-13,16H2,1-5H3,(H2,35,36,37,38). The van der Waals surface area contributed by atoms with Crippen LogP contribution in [0.15, 0.2) is 24.4 Å². The lowest BCUT2D eigenvalue weighted by molar-refractivity contribution is -0.259. The summed E-state index contributed by atoms with van der Waals surface area (Å²) in [6, 6.07) is 7.09. The van der Waals surface area contributed by atoms with Crippen LogP contribution in [0.1, 0.15) is 65.9 Å². The first-order chi connectivity index (χ1) is 22.3. The van der Waals surface area contributed by atoms with Crippen LogP contribution in [0.3, 0.4) is 0 Å². The molecule has 1 aromatic heterocycles. The van der Waals surface area contributed by atoms with Crippen molar-refractivity contribution in [1.82, 2.24) is 14.9 Å². The average molecular weight is 655 g/mol. The zero-order chi connectivity index (χ0) is 33.9. The molecule has 0 amide bonds. The molecular weight excluding hydrogens is 615 g/mol. The molecule has 0 spiro atoms. The molecule has 3 aliphatic rings. The smallest absolute Gasteiger partial charge is 0.303 e. The van der Waals surface area contributed by atoms with E-state index >= 15 is 0 Å². The Morgan fingerprint density at radius 2 is 1.83 bits per heavy atom. The third-order valence-electron chi connectivity index (χ3n) is 8.45. The van der Waals surface area contributed by atoms with E-state index in [1.165, 1.54) is 19.1 Å². The molecule has 0 radical (unpaired) electrons. The molecule has 15 heteroatoms. The first kappa shape index (κ1) is 33.8. The third kappa shape index (κ3) is 8.06. The Morgan fingerprint density at radius 1 is 1.11 bits per heavy atom. The number of hydrogen-bond donors (Lipinski definition) is 2. The van der Waals surface area contributed by atoms with Gasteiger partial charge in [0.15, 0.2) is 23.8 Å². The number of ether oxygens (including phenoxy) is 5. The zero-order valence-electron chi connectivity index (χ0n) is 26.9. The molecule has 0 bridgehead atoms. The van der Waals surface area contributed by atoms with Gasteiger partial charge in [0.2, 0.25) is 18.3 Å². The SMILES string of the molecule is CC(=O)OC1COC(Oc2ccc(Nc3ncc(F)c(NC4CC5CCCN5C(C)(C)C4)n3)cc2C#N)C(OC(C)=O)C1OC(C)=O. The molecule has 5 rings (SSSR count). The second-order valence-electron chi connectivity index (χ2n) is 12.5. The molecule has 14 nitrogen and oxygen atoms in total. The first-order valence-electron chi connectivity index (χ1n) is 15.5. The number of benzene rings is 1. The summed E-state index contributed by atoms with van der Waals surface area (Å²) in [6.07, 6.45) is 0.168. The normalized spacial score (nSPS) is 26.7. The molecule has 252 valence electrons. The summed E-state index contributed by atoms with van der Waals surface area (Å²) in [5.74, 6) is -2.38. The lowest BCUT2D eigenvalue weighted by Crippen LogP contribution is -2.59. The Labute approximate surface area is 271 Å². The van der Waals surface area contributed by atoms with E-state index in [9.17, 15) is 24.0 Å². The minimum absolute atomic E-state index is 0.00847. The van der Waals surface area contributed by atoms with E-state index in [0.717, 1.165) is 52.3 Å². The number of nitrogens with one attached hydrogen (secondary N) is 2. The highest BCUT2D eigenvalue weighted by atomic mass is 19.1. The van der Waals surface area contributed by atoms with Crippen molar-refractivity contribution in [1.29, 1.82) is 5.26 Å². The number of fused-ring (bicyclic) bond motifs is 1. The van der Waals surface area contributed by atoms with Gasteiger partial charge in [0.1, 0.15) is 11.8 Å². The second kappa shape index (κ2) is 14.1. The number of anilines is 3. The molecule has 3 fully saturated rings. The maximum Gasteiger partial charge on any atom is 0.303 e. The maximum atomic E-state index is 14.8. The fourth-order valence-electron chi connectivity index (χ4n) is 6.70. The van der Waals surface area contributed by atoms with Gasteiger partial charge in [-0.05, 0) is 64.3 Å². The van der Waals surface area contributed by atoms with Crippen molar-refractivity contribution in [2.24, 2.45) is 0 Å². The summed E-state index contributed by atoms with van der Waals surface area (Å²) >= 11 is 0. The number of halogens is 1. The number of nitrogens with zero attached hydrogens (tertiary/aromatic N) is 4. The Morgan fingerprint density at radius 3 is 2.53 bits per heavy atom. The van der Waals surface area contributed by atoms with Gasteiger partial charge in [0.25, 0.3) is 0 Å². The van der Waals surface area contributed by atoms with Crippen LogP contribution in [0.25, 0.3) is 0 Å². The Balaban J connectivity index is 1.31. The van der Waals surface area contributed by atoms with Crippen molar-refractivity contribution >= 4 is 35.4 Å². The van der Waals surface area contributed by atoms with Crippen molar-refractivity contribution in [2.75, 3.05) is 23.8 Å². The number of carbonyl (C=O) groups is 3. The number of aromatic nitrogens is 2. The van der Waals surface area contributed by atoms with Gasteiger partial charge in [-0.15, -0.1) is 0 Å². The summed E-state index contributed by atoms with van der Waals surface area (Å²) in [5.41, 5.74) is 0.476. The third-order valence-corrected chi connectivity index (χ3v) is 8.45. The van der Waals surface area contributed by atoms with E-state index in [1.54, 1.807) is 6.07 Å². The molecule has 3 aliphatic heterocycles. The van der Waals surface area contributed by atoms with Gasteiger partial charge in [-0.25, -0.2) is 9.37 Å². The first-order valence-corrected chi connectivity index (χ1v) is 15.5. The predicted molar refractivity (Wildman–Crippen MR) is 164 cm³/mol. The minimum atomic E-state index is -1.33. The highest BCUT2D eigenvalue weighted by Gasteiger charge is 2.48. The van der Waals surface area contributed by atoms with Crippen LogP contribution in [-0.4, -0.2) is 88.2 Å². The molecule has 0 saturated carbocycles. The van der Waals surface area contributed by atoms with E-state index in [1.807, 2.05) is 6.07 Å². The summed E-state index contributed by atoms with van der Waals surface area (Å²) in [6.45, 7) is 8.77. The summed E-state index contributed by atoms with van der Waals surface area (Å²) in [7, 11) is 0. The van der Waals surface area contributed by atoms with Gasteiger partial charge in [-0.1, -0.05) is 0 Å². The summed E-state index contributed by atoms with van der Waals surface area (Å²) in [4.78, 5) is 46.5. The lowest BCUT2D eigenvalue weighted by atomic mass is 9.84. The van der Waals surface area contributed by atoms with E-state index < -0.39 is 48.3 Å². The fourth-order valence-corrected chi connectivity index (χ4v) is 6.70. The van der Waals surface area contributed by atoms with Gasteiger partial charge in [0, 0.05) is 44.1 Å². The van der Waals surface area contributed by atoms with E-state index in [0.29, 0.717) is 11.7 Å². The summed E-state index contributed by atoms with van der Waals surface area (Å²) in [5, 5.41) is 16.2. The molecule has 4 heterocycles. The Hall–Kier alpha value is -4.55. The number of rotatable bonds is 9. The Bertz CT molecular complexity index is 1550. The molecule has 6 atom stereocenters. The Kier molecular flexibility index (Phi) is 10.1. The quantitative estimate of drug-likeness (QED) is 0.297. The van der Waals surface area contributed by atoms with E-state index in [4.69, 9.17) is 23.7 Å². The van der Waals surface area contributed by atoms with Crippen LogP contribution in [-0.2, 0) is 33.3 Å². The van der Waals surface area contributed by atoms with Crippen LogP contribution >= 0.6 is 0 Å². The van der Waals surface area contributed by atoms with Crippen LogP contribution in [0.4, 0.5) is 21.8 Å². The monoisotopic (exact) mass is 654 g/mol. The van der Waals surface area contributed by atoms with Gasteiger partial charge < -0.3 is 34.3 Å². The zero-order valence-corrected chi connectivity index (χ0v) is 26.9. The fraction of sp³-hybridized carbons (Fsp3) is 0.562. The molecule has 0 aliphatic carbocycles. The van der Waals surface area contributed by atoms with Crippen LogP contribution in [0.2, 0.25) is 0 Å². The molecule has 6 unspecified atom stereocenters. The average Bonchev–Trinajstić information content (AvgIpc) is 3.47. The maximum absolute atomic E-state index is 14.8. The van der Waals surface area contributed by atoms with E-state index in [2.05, 4.69) is 39.3 Å². The summed E-state index contributed by atoms with van der Waals surface area (Å²) < 4.78 is 42.4. The lowest BCUT2D eigenvalue weighted by Gasteiger charge is -2.47. The largest absolute Gasteiger partial charge is 0.459 e. The van der Waals surface area contributed by atoms with Gasteiger partial charge in [-0.3, -0.25) is 19.3 Å². The molecule has 2 N–H and O–H groups in total. The van der Waals surface area contributed by atoms with Crippen molar-refractivity contribution < 1.29 is 42.5 Å². The van der Waals surface area contributed by atoms with E-state index in [-0.39, 0.29) is 41.3 Å². The van der Waals surface area contributed by atoms with Gasteiger partial charge in [0.05, 0.1) is 18.4 Å². The second-order valence-corrected chi connectivity index (χ2v) is 12.5.